The fourth-order valence-corrected chi connectivity index (χ4v) is 2.62. The first-order valence-electron chi connectivity index (χ1n) is 6.89. The number of likely N-dealkylation sites (N-methyl/N-ethyl adjacent to an activating group) is 1. The lowest BCUT2D eigenvalue weighted by Gasteiger charge is -2.16. The van der Waals surface area contributed by atoms with Crippen LogP contribution in [0.3, 0.4) is 0 Å². The number of carbonyl (C=O) groups is 2. The molecular formula is C17H12FN3O2. The van der Waals surface area contributed by atoms with E-state index in [1.54, 1.807) is 6.07 Å². The molecular weight excluding hydrogens is 297 g/mol. The van der Waals surface area contributed by atoms with E-state index < -0.39 is 23.8 Å². The molecule has 1 fully saturated rings. The number of hydrogen-bond acceptors (Lipinski definition) is 3. The van der Waals surface area contributed by atoms with Crippen LogP contribution in [0, 0.1) is 17.1 Å². The van der Waals surface area contributed by atoms with Gasteiger partial charge in [-0.15, -0.1) is 0 Å². The molecule has 1 heterocycles. The van der Waals surface area contributed by atoms with E-state index in [9.17, 15) is 14.0 Å². The van der Waals surface area contributed by atoms with Gasteiger partial charge in [-0.25, -0.2) is 14.1 Å². The highest BCUT2D eigenvalue weighted by molar-refractivity contribution is 6.21. The van der Waals surface area contributed by atoms with Gasteiger partial charge in [-0.1, -0.05) is 12.1 Å². The van der Waals surface area contributed by atoms with Crippen LogP contribution in [0.4, 0.5) is 14.9 Å². The van der Waals surface area contributed by atoms with E-state index in [2.05, 4.69) is 0 Å². The molecule has 0 bridgehead atoms. The van der Waals surface area contributed by atoms with E-state index in [0.29, 0.717) is 16.8 Å². The standard InChI is InChI=1S/C17H12FN3O2/c1-20-15(12-3-2-4-13(18)9-12)16(22)21(17(20)23)14-7-5-11(10-19)6-8-14/h2-9,15H,1H3. The molecule has 3 amide bonds. The van der Waals surface area contributed by atoms with Gasteiger partial charge in [-0.3, -0.25) is 4.79 Å². The second-order valence-electron chi connectivity index (χ2n) is 5.18. The van der Waals surface area contributed by atoms with Crippen LogP contribution in [0.25, 0.3) is 0 Å². The predicted molar refractivity (Wildman–Crippen MR) is 80.9 cm³/mol. The molecule has 1 atom stereocenters. The van der Waals surface area contributed by atoms with Gasteiger partial charge in [0.15, 0.2) is 0 Å². The number of benzene rings is 2. The van der Waals surface area contributed by atoms with Crippen LogP contribution in [-0.4, -0.2) is 23.9 Å². The summed E-state index contributed by atoms with van der Waals surface area (Å²) in [6, 6.07) is 12.4. The van der Waals surface area contributed by atoms with E-state index in [4.69, 9.17) is 5.26 Å². The number of imide groups is 1. The van der Waals surface area contributed by atoms with Gasteiger partial charge in [0.2, 0.25) is 0 Å². The second-order valence-corrected chi connectivity index (χ2v) is 5.18. The summed E-state index contributed by atoms with van der Waals surface area (Å²) in [5.41, 5.74) is 1.23. The number of rotatable bonds is 2. The van der Waals surface area contributed by atoms with Gasteiger partial charge in [0.1, 0.15) is 11.9 Å². The zero-order valence-corrected chi connectivity index (χ0v) is 12.2. The number of nitrogens with zero attached hydrogens (tertiary/aromatic N) is 3. The summed E-state index contributed by atoms with van der Waals surface area (Å²) in [4.78, 5) is 27.4. The molecule has 1 aliphatic rings. The topological polar surface area (TPSA) is 64.4 Å². The van der Waals surface area contributed by atoms with Gasteiger partial charge < -0.3 is 4.90 Å². The van der Waals surface area contributed by atoms with Gasteiger partial charge in [0, 0.05) is 7.05 Å². The largest absolute Gasteiger partial charge is 0.332 e. The van der Waals surface area contributed by atoms with Crippen molar-refractivity contribution in [2.75, 3.05) is 11.9 Å². The highest BCUT2D eigenvalue weighted by atomic mass is 19.1. The van der Waals surface area contributed by atoms with Gasteiger partial charge in [0.05, 0.1) is 17.3 Å². The zero-order valence-electron chi connectivity index (χ0n) is 12.2. The third-order valence-corrected chi connectivity index (χ3v) is 3.75. The molecule has 0 spiro atoms. The van der Waals surface area contributed by atoms with Crippen LogP contribution >= 0.6 is 0 Å². The Morgan fingerprint density at radius 3 is 2.43 bits per heavy atom. The molecule has 0 aromatic heterocycles. The number of carbonyl (C=O) groups excluding carboxylic acids is 2. The average molecular weight is 309 g/mol. The minimum atomic E-state index is -0.867. The van der Waals surface area contributed by atoms with Crippen LogP contribution in [0.15, 0.2) is 48.5 Å². The normalized spacial score (nSPS) is 17.5. The van der Waals surface area contributed by atoms with Gasteiger partial charge in [0.25, 0.3) is 5.91 Å². The summed E-state index contributed by atoms with van der Waals surface area (Å²) in [6.45, 7) is 0. The Morgan fingerprint density at radius 2 is 1.83 bits per heavy atom. The zero-order chi connectivity index (χ0) is 16.6. The maximum Gasteiger partial charge on any atom is 0.332 e. The fourth-order valence-electron chi connectivity index (χ4n) is 2.62. The molecule has 0 aliphatic carbocycles. The highest BCUT2D eigenvalue weighted by Gasteiger charge is 2.44. The number of urea groups is 1. The summed E-state index contributed by atoms with van der Waals surface area (Å²) in [7, 11) is 1.50. The van der Waals surface area contributed by atoms with Crippen molar-refractivity contribution in [3.05, 3.63) is 65.5 Å². The smallest absolute Gasteiger partial charge is 0.311 e. The summed E-state index contributed by atoms with van der Waals surface area (Å²) in [5.74, 6) is -0.916. The summed E-state index contributed by atoms with van der Waals surface area (Å²) >= 11 is 0. The maximum atomic E-state index is 13.4. The van der Waals surface area contributed by atoms with Crippen LogP contribution in [-0.2, 0) is 4.79 Å². The lowest BCUT2D eigenvalue weighted by molar-refractivity contribution is -0.119. The molecule has 6 heteroatoms. The lowest BCUT2D eigenvalue weighted by Crippen LogP contribution is -2.31. The van der Waals surface area contributed by atoms with Crippen molar-refractivity contribution < 1.29 is 14.0 Å². The molecule has 1 saturated heterocycles. The Labute approximate surface area is 132 Å². The van der Waals surface area contributed by atoms with Crippen LogP contribution in [0.1, 0.15) is 17.2 Å². The van der Waals surface area contributed by atoms with Crippen LogP contribution < -0.4 is 4.90 Å². The van der Waals surface area contributed by atoms with E-state index in [1.807, 2.05) is 6.07 Å². The third-order valence-electron chi connectivity index (χ3n) is 3.75. The molecule has 114 valence electrons. The van der Waals surface area contributed by atoms with Crippen molar-refractivity contribution in [2.24, 2.45) is 0 Å². The number of amides is 3. The number of nitriles is 1. The summed E-state index contributed by atoms with van der Waals surface area (Å²) < 4.78 is 13.4. The van der Waals surface area contributed by atoms with Crippen molar-refractivity contribution >= 4 is 17.6 Å². The monoisotopic (exact) mass is 309 g/mol. The molecule has 3 rings (SSSR count). The highest BCUT2D eigenvalue weighted by Crippen LogP contribution is 2.33. The quantitative estimate of drug-likeness (QED) is 0.801. The molecule has 2 aromatic carbocycles. The van der Waals surface area contributed by atoms with Gasteiger partial charge in [-0.2, -0.15) is 5.26 Å². The Morgan fingerprint density at radius 1 is 1.13 bits per heavy atom. The summed E-state index contributed by atoms with van der Waals surface area (Å²) in [5, 5.41) is 8.82. The lowest BCUT2D eigenvalue weighted by atomic mass is 10.1. The SMILES string of the molecule is CN1C(=O)N(c2ccc(C#N)cc2)C(=O)C1c1cccc(F)c1. The van der Waals surface area contributed by atoms with Crippen molar-refractivity contribution in [3.63, 3.8) is 0 Å². The first kappa shape index (κ1) is 14.7. The fraction of sp³-hybridized carbons (Fsp3) is 0.118. The molecule has 23 heavy (non-hydrogen) atoms. The van der Waals surface area contributed by atoms with Crippen molar-refractivity contribution in [1.29, 1.82) is 5.26 Å². The molecule has 0 N–H and O–H groups in total. The van der Waals surface area contributed by atoms with E-state index in [0.717, 1.165) is 4.90 Å². The van der Waals surface area contributed by atoms with Crippen molar-refractivity contribution in [1.82, 2.24) is 4.90 Å². The molecule has 1 aliphatic heterocycles. The van der Waals surface area contributed by atoms with Gasteiger partial charge in [-0.05, 0) is 42.0 Å². The Kier molecular flexibility index (Phi) is 3.54. The van der Waals surface area contributed by atoms with E-state index >= 15 is 0 Å². The van der Waals surface area contributed by atoms with E-state index in [1.165, 1.54) is 54.4 Å². The Hall–Kier alpha value is -3.20. The second kappa shape index (κ2) is 5.54. The molecule has 1 unspecified atom stereocenters. The number of halogens is 1. The molecule has 0 saturated carbocycles. The van der Waals surface area contributed by atoms with E-state index in [-0.39, 0.29) is 0 Å². The Balaban J connectivity index is 1.99. The molecule has 5 nitrogen and oxygen atoms in total. The molecule has 0 radical (unpaired) electrons. The van der Waals surface area contributed by atoms with Crippen LogP contribution in [0.5, 0.6) is 0 Å². The predicted octanol–water partition coefficient (Wildman–Crippen LogP) is 2.84. The van der Waals surface area contributed by atoms with Crippen LogP contribution in [0.2, 0.25) is 0 Å². The minimum Gasteiger partial charge on any atom is -0.311 e. The van der Waals surface area contributed by atoms with Crippen molar-refractivity contribution in [2.45, 2.75) is 6.04 Å². The Bertz CT molecular complexity index is 826. The first-order valence-corrected chi connectivity index (χ1v) is 6.89. The average Bonchev–Trinajstić information content (AvgIpc) is 2.77. The first-order chi connectivity index (χ1) is 11.0. The maximum absolute atomic E-state index is 13.4. The third kappa shape index (κ3) is 2.42. The van der Waals surface area contributed by atoms with Gasteiger partial charge >= 0.3 is 6.03 Å². The number of hydrogen-bond donors (Lipinski definition) is 0. The summed E-state index contributed by atoms with van der Waals surface area (Å²) in [6.07, 6.45) is 0. The minimum absolute atomic E-state index is 0.379. The van der Waals surface area contributed by atoms with Crippen molar-refractivity contribution in [3.8, 4) is 6.07 Å². The molecule has 2 aromatic rings. The number of anilines is 1.